The maximum Gasteiger partial charge on any atom is 0.213 e. The lowest BCUT2D eigenvalue weighted by atomic mass is 9.99. The van der Waals surface area contributed by atoms with Gasteiger partial charge in [0.1, 0.15) is 18.5 Å². The van der Waals surface area contributed by atoms with Gasteiger partial charge in [-0.15, -0.1) is 0 Å². The normalized spacial score (nSPS) is 16.0. The first-order chi connectivity index (χ1) is 13.1. The van der Waals surface area contributed by atoms with Crippen LogP contribution in [0.5, 0.6) is 11.6 Å². The van der Waals surface area contributed by atoms with Crippen molar-refractivity contribution in [2.75, 3.05) is 32.3 Å². The van der Waals surface area contributed by atoms with Crippen molar-refractivity contribution in [2.45, 2.75) is 33.3 Å². The summed E-state index contributed by atoms with van der Waals surface area (Å²) in [6.45, 7) is 7.02. The standard InChI is InChI=1S/C19H23NO4S.C2H6/c1-13-14(8-9-18(20-13)23-10-5-11-25(3)21)15-6-4-7-16-17(22-2)12-24-19(15)16;1-2/h4,6-9,17H,5,10-12H2,1-3H3;1-2H3. The molecule has 2 aromatic rings. The Kier molecular flexibility index (Phi) is 8.25. The van der Waals surface area contributed by atoms with Gasteiger partial charge in [-0.3, -0.25) is 4.21 Å². The molecule has 0 bridgehead atoms. The molecule has 1 aromatic heterocycles. The molecule has 1 aliphatic heterocycles. The Balaban J connectivity index is 0.00000126. The molecule has 1 aliphatic rings. The zero-order chi connectivity index (χ0) is 19.8. The van der Waals surface area contributed by atoms with Gasteiger partial charge < -0.3 is 14.2 Å². The highest BCUT2D eigenvalue weighted by atomic mass is 32.2. The average molecular weight is 392 g/mol. The third-order valence-corrected chi connectivity index (χ3v) is 5.10. The van der Waals surface area contributed by atoms with Crippen molar-refractivity contribution < 1.29 is 18.4 Å². The van der Waals surface area contributed by atoms with Crippen molar-refractivity contribution >= 4 is 10.8 Å². The van der Waals surface area contributed by atoms with E-state index in [2.05, 4.69) is 4.98 Å². The van der Waals surface area contributed by atoms with Gasteiger partial charge in [0.15, 0.2) is 0 Å². The summed E-state index contributed by atoms with van der Waals surface area (Å²) >= 11 is 0. The largest absolute Gasteiger partial charge is 0.489 e. The van der Waals surface area contributed by atoms with Gasteiger partial charge >= 0.3 is 0 Å². The number of fused-ring (bicyclic) bond motifs is 1. The highest BCUT2D eigenvalue weighted by Gasteiger charge is 2.27. The van der Waals surface area contributed by atoms with E-state index < -0.39 is 10.8 Å². The first-order valence-corrected chi connectivity index (χ1v) is 11.0. The lowest BCUT2D eigenvalue weighted by Crippen LogP contribution is -2.05. The summed E-state index contributed by atoms with van der Waals surface area (Å²) in [4.78, 5) is 4.55. The number of benzene rings is 1. The van der Waals surface area contributed by atoms with Crippen LogP contribution in [0.1, 0.15) is 37.6 Å². The highest BCUT2D eigenvalue weighted by molar-refractivity contribution is 7.84. The van der Waals surface area contributed by atoms with E-state index in [0.717, 1.165) is 34.6 Å². The van der Waals surface area contributed by atoms with Crippen molar-refractivity contribution in [3.63, 3.8) is 0 Å². The Morgan fingerprint density at radius 3 is 2.67 bits per heavy atom. The molecule has 3 rings (SSSR count). The molecule has 0 saturated carbocycles. The molecule has 6 heteroatoms. The maximum atomic E-state index is 11.1. The number of rotatable bonds is 7. The molecule has 148 valence electrons. The molecule has 2 atom stereocenters. The average Bonchev–Trinajstić information content (AvgIpc) is 3.10. The van der Waals surface area contributed by atoms with E-state index >= 15 is 0 Å². The van der Waals surface area contributed by atoms with E-state index in [4.69, 9.17) is 14.2 Å². The van der Waals surface area contributed by atoms with Gasteiger partial charge in [0.2, 0.25) is 5.88 Å². The minimum Gasteiger partial charge on any atom is -0.489 e. The Hall–Kier alpha value is -1.92. The highest BCUT2D eigenvalue weighted by Crippen LogP contribution is 2.42. The van der Waals surface area contributed by atoms with Crippen LogP contribution in [0.15, 0.2) is 30.3 Å². The van der Waals surface area contributed by atoms with Crippen LogP contribution in [0, 0.1) is 6.92 Å². The van der Waals surface area contributed by atoms with Crippen molar-refractivity contribution in [1.82, 2.24) is 4.98 Å². The predicted octanol–water partition coefficient (Wildman–Crippen LogP) is 4.31. The minimum absolute atomic E-state index is 0.0186. The fourth-order valence-corrected chi connectivity index (χ4v) is 3.49. The van der Waals surface area contributed by atoms with Gasteiger partial charge in [0.25, 0.3) is 0 Å². The van der Waals surface area contributed by atoms with Crippen LogP contribution in [0.2, 0.25) is 0 Å². The second-order valence-corrected chi connectivity index (χ2v) is 7.58. The van der Waals surface area contributed by atoms with Crippen LogP contribution < -0.4 is 9.47 Å². The summed E-state index contributed by atoms with van der Waals surface area (Å²) in [5.74, 6) is 2.11. The number of aromatic nitrogens is 1. The summed E-state index contributed by atoms with van der Waals surface area (Å²) in [5, 5.41) is 0. The van der Waals surface area contributed by atoms with E-state index in [1.165, 1.54) is 0 Å². The van der Waals surface area contributed by atoms with Crippen molar-refractivity contribution in [1.29, 1.82) is 0 Å². The fraction of sp³-hybridized carbons (Fsp3) is 0.476. The van der Waals surface area contributed by atoms with Crippen molar-refractivity contribution in [3.8, 4) is 22.8 Å². The lowest BCUT2D eigenvalue weighted by molar-refractivity contribution is 0.0818. The number of pyridine rings is 1. The van der Waals surface area contributed by atoms with E-state index in [1.54, 1.807) is 13.4 Å². The molecule has 5 nitrogen and oxygen atoms in total. The number of ether oxygens (including phenoxy) is 3. The summed E-state index contributed by atoms with van der Waals surface area (Å²) in [6.07, 6.45) is 2.44. The smallest absolute Gasteiger partial charge is 0.213 e. The minimum atomic E-state index is -0.785. The number of aryl methyl sites for hydroxylation is 1. The molecule has 1 aromatic carbocycles. The zero-order valence-electron chi connectivity index (χ0n) is 16.8. The Bertz CT molecular complexity index is 779. The van der Waals surface area contributed by atoms with Crippen molar-refractivity contribution in [2.24, 2.45) is 0 Å². The Morgan fingerprint density at radius 1 is 1.22 bits per heavy atom. The topological polar surface area (TPSA) is 57.7 Å². The number of para-hydroxylation sites is 1. The summed E-state index contributed by atoms with van der Waals surface area (Å²) in [5.41, 5.74) is 4.01. The second-order valence-electron chi connectivity index (χ2n) is 6.02. The monoisotopic (exact) mass is 391 g/mol. The number of hydrogen-bond donors (Lipinski definition) is 0. The third-order valence-electron chi connectivity index (χ3n) is 4.23. The first-order valence-electron chi connectivity index (χ1n) is 9.29. The molecule has 2 heterocycles. The third kappa shape index (κ3) is 5.30. The quantitative estimate of drug-likeness (QED) is 0.658. The van der Waals surface area contributed by atoms with Crippen LogP contribution in [-0.4, -0.2) is 41.5 Å². The van der Waals surface area contributed by atoms with Gasteiger partial charge in [-0.1, -0.05) is 32.0 Å². The molecule has 0 saturated heterocycles. The van der Waals surface area contributed by atoms with E-state index in [9.17, 15) is 4.21 Å². The van der Waals surface area contributed by atoms with Crippen LogP contribution in [0.25, 0.3) is 11.1 Å². The molecular weight excluding hydrogens is 362 g/mol. The van der Waals surface area contributed by atoms with Crippen LogP contribution in [0.4, 0.5) is 0 Å². The zero-order valence-corrected chi connectivity index (χ0v) is 17.6. The van der Waals surface area contributed by atoms with E-state index in [1.807, 2.05) is 51.1 Å². The molecule has 0 aliphatic carbocycles. The molecule has 27 heavy (non-hydrogen) atoms. The molecule has 2 unspecified atom stereocenters. The van der Waals surface area contributed by atoms with Gasteiger partial charge in [0, 0.05) is 58.4 Å². The molecule has 0 N–H and O–H groups in total. The summed E-state index contributed by atoms with van der Waals surface area (Å²) < 4.78 is 28.1. The van der Waals surface area contributed by atoms with Crippen LogP contribution in [0.3, 0.4) is 0 Å². The molecular formula is C21H29NO4S. The SMILES string of the molecule is CC.COC1COc2c(-c3ccc(OCCCS(C)=O)nc3C)cccc21. The van der Waals surface area contributed by atoms with Gasteiger partial charge in [-0.05, 0) is 19.4 Å². The van der Waals surface area contributed by atoms with Gasteiger partial charge in [-0.2, -0.15) is 0 Å². The van der Waals surface area contributed by atoms with E-state index in [0.29, 0.717) is 24.8 Å². The first kappa shape index (κ1) is 21.4. The second kappa shape index (κ2) is 10.4. The fourth-order valence-electron chi connectivity index (χ4n) is 2.97. The molecule has 0 spiro atoms. The summed E-state index contributed by atoms with van der Waals surface area (Å²) in [7, 11) is 0.912. The molecule has 0 radical (unpaired) electrons. The Morgan fingerprint density at radius 2 is 2.00 bits per heavy atom. The van der Waals surface area contributed by atoms with Gasteiger partial charge in [0.05, 0.1) is 6.61 Å². The van der Waals surface area contributed by atoms with Crippen LogP contribution in [-0.2, 0) is 15.5 Å². The van der Waals surface area contributed by atoms with Gasteiger partial charge in [-0.25, -0.2) is 4.98 Å². The Labute approximate surface area is 164 Å². The number of nitrogens with zero attached hydrogens (tertiary/aromatic N) is 1. The molecule has 0 fully saturated rings. The number of hydrogen-bond acceptors (Lipinski definition) is 5. The van der Waals surface area contributed by atoms with Crippen LogP contribution >= 0.6 is 0 Å². The lowest BCUT2D eigenvalue weighted by Gasteiger charge is -2.12. The number of methoxy groups -OCH3 is 1. The van der Waals surface area contributed by atoms with E-state index in [-0.39, 0.29) is 6.10 Å². The summed E-state index contributed by atoms with van der Waals surface area (Å²) in [6, 6.07) is 9.97. The predicted molar refractivity (Wildman–Crippen MR) is 110 cm³/mol. The van der Waals surface area contributed by atoms with Crippen molar-refractivity contribution in [3.05, 3.63) is 41.6 Å². The maximum absolute atomic E-state index is 11.1. The molecule has 0 amide bonds.